The molecule has 0 aliphatic heterocycles. The Morgan fingerprint density at radius 2 is 1.77 bits per heavy atom. The average molecular weight is 438 g/mol. The summed E-state index contributed by atoms with van der Waals surface area (Å²) in [5, 5.41) is 13.9. The van der Waals surface area contributed by atoms with Gasteiger partial charge in [0.1, 0.15) is 0 Å². The molecule has 9 heteroatoms. The molecule has 0 spiro atoms. The van der Waals surface area contributed by atoms with Gasteiger partial charge >= 0.3 is 0 Å². The number of para-hydroxylation sites is 1. The van der Waals surface area contributed by atoms with Crippen molar-refractivity contribution in [3.63, 3.8) is 0 Å². The molecule has 1 aromatic heterocycles. The molecule has 31 heavy (non-hydrogen) atoms. The maximum Gasteiger partial charge on any atom is 0.278 e. The lowest BCUT2D eigenvalue weighted by atomic mass is 10.1. The number of carbonyl (C=O) groups excluding carboxylic acids is 2. The van der Waals surface area contributed by atoms with Crippen LogP contribution in [-0.4, -0.2) is 32.7 Å². The van der Waals surface area contributed by atoms with E-state index in [1.807, 2.05) is 45.0 Å². The van der Waals surface area contributed by atoms with E-state index in [9.17, 15) is 14.4 Å². The number of aromatic amines is 1. The van der Waals surface area contributed by atoms with Crippen LogP contribution in [0.25, 0.3) is 11.3 Å². The molecular weight excluding hydrogens is 414 g/mol. The summed E-state index contributed by atoms with van der Waals surface area (Å²) in [4.78, 5) is 39.0. The van der Waals surface area contributed by atoms with Crippen LogP contribution in [0.15, 0.2) is 46.3 Å². The fourth-order valence-corrected chi connectivity index (χ4v) is 3.52. The molecule has 1 heterocycles. The summed E-state index contributed by atoms with van der Waals surface area (Å²) in [6, 6.07) is 11.0. The van der Waals surface area contributed by atoms with Gasteiger partial charge in [-0.1, -0.05) is 36.0 Å². The first-order chi connectivity index (χ1) is 14.7. The standard InChI is InChI=1S/C22H23N5O3S/c1-12-8-9-16(10-14(12)3)24-18(29)11-31-22-25-21(30)20(26-27-22)17-7-5-6-13(2)19(17)23-15(4)28/h5-10H,11H2,1-4H3,(H,23,28)(H,24,29)(H,25,27,30). The monoisotopic (exact) mass is 437 g/mol. The van der Waals surface area contributed by atoms with Crippen molar-refractivity contribution in [2.24, 2.45) is 0 Å². The van der Waals surface area contributed by atoms with Gasteiger partial charge in [0, 0.05) is 18.2 Å². The lowest BCUT2D eigenvalue weighted by Crippen LogP contribution is -2.18. The lowest BCUT2D eigenvalue weighted by molar-refractivity contribution is -0.114. The Labute approximate surface area is 183 Å². The molecule has 0 bridgehead atoms. The van der Waals surface area contributed by atoms with Crippen molar-refractivity contribution in [2.45, 2.75) is 32.9 Å². The number of nitrogens with one attached hydrogen (secondary N) is 3. The molecule has 0 unspecified atom stereocenters. The molecule has 0 aliphatic carbocycles. The topological polar surface area (TPSA) is 117 Å². The Hall–Kier alpha value is -3.46. The zero-order valence-electron chi connectivity index (χ0n) is 17.7. The molecule has 160 valence electrons. The quantitative estimate of drug-likeness (QED) is 0.509. The first-order valence-corrected chi connectivity index (χ1v) is 10.6. The average Bonchev–Trinajstić information content (AvgIpc) is 2.71. The van der Waals surface area contributed by atoms with Crippen molar-refractivity contribution in [3.05, 3.63) is 63.4 Å². The first-order valence-electron chi connectivity index (χ1n) is 9.59. The van der Waals surface area contributed by atoms with Crippen LogP contribution < -0.4 is 16.2 Å². The molecule has 3 aromatic rings. The van der Waals surface area contributed by atoms with Gasteiger partial charge in [-0.25, -0.2) is 0 Å². The Morgan fingerprint density at radius 1 is 1.00 bits per heavy atom. The normalized spacial score (nSPS) is 10.6. The minimum absolute atomic E-state index is 0.0679. The number of carbonyl (C=O) groups is 2. The number of amides is 2. The predicted molar refractivity (Wildman–Crippen MR) is 122 cm³/mol. The zero-order chi connectivity index (χ0) is 22.5. The van der Waals surface area contributed by atoms with Gasteiger partial charge < -0.3 is 10.6 Å². The second-order valence-corrected chi connectivity index (χ2v) is 8.09. The highest BCUT2D eigenvalue weighted by molar-refractivity contribution is 7.99. The molecule has 0 saturated heterocycles. The SMILES string of the molecule is CC(=O)Nc1c(C)cccc1-c1nnc(SCC(=O)Nc2ccc(C)c(C)c2)[nH]c1=O. The highest BCUT2D eigenvalue weighted by Gasteiger charge is 2.15. The third-order valence-corrected chi connectivity index (χ3v) is 5.50. The number of anilines is 2. The predicted octanol–water partition coefficient (Wildman–Crippen LogP) is 3.45. The summed E-state index contributed by atoms with van der Waals surface area (Å²) in [6.07, 6.45) is 0. The third kappa shape index (κ3) is 5.58. The summed E-state index contributed by atoms with van der Waals surface area (Å²) in [5.41, 5.74) is 4.39. The minimum Gasteiger partial charge on any atom is -0.325 e. The maximum absolute atomic E-state index is 12.6. The Morgan fingerprint density at radius 3 is 2.45 bits per heavy atom. The van der Waals surface area contributed by atoms with Crippen LogP contribution in [0.3, 0.4) is 0 Å². The van der Waals surface area contributed by atoms with E-state index in [1.165, 1.54) is 6.92 Å². The van der Waals surface area contributed by atoms with E-state index in [0.29, 0.717) is 16.9 Å². The molecule has 0 fully saturated rings. The van der Waals surface area contributed by atoms with Gasteiger partial charge in [-0.2, -0.15) is 0 Å². The van der Waals surface area contributed by atoms with Gasteiger partial charge in [0.2, 0.25) is 11.8 Å². The van der Waals surface area contributed by atoms with Gasteiger partial charge in [0.25, 0.3) is 5.56 Å². The van der Waals surface area contributed by atoms with E-state index >= 15 is 0 Å². The third-order valence-electron chi connectivity index (χ3n) is 4.64. The van der Waals surface area contributed by atoms with Crippen LogP contribution in [0.5, 0.6) is 0 Å². The Balaban J connectivity index is 1.72. The second kappa shape index (κ2) is 9.57. The second-order valence-electron chi connectivity index (χ2n) is 7.12. The van der Waals surface area contributed by atoms with E-state index < -0.39 is 5.56 Å². The molecule has 0 radical (unpaired) electrons. The summed E-state index contributed by atoms with van der Waals surface area (Å²) < 4.78 is 0. The van der Waals surface area contributed by atoms with Gasteiger partial charge in [-0.15, -0.1) is 10.2 Å². The number of benzene rings is 2. The Kier molecular flexibility index (Phi) is 6.86. The fraction of sp³-hybridized carbons (Fsp3) is 0.227. The summed E-state index contributed by atoms with van der Waals surface area (Å²) in [6.45, 7) is 7.21. The van der Waals surface area contributed by atoms with Gasteiger partial charge in [-0.05, 0) is 49.6 Å². The van der Waals surface area contributed by atoms with Gasteiger partial charge in [-0.3, -0.25) is 19.4 Å². The molecule has 0 aliphatic rings. The van der Waals surface area contributed by atoms with Crippen LogP contribution in [0, 0.1) is 20.8 Å². The maximum atomic E-state index is 12.6. The van der Waals surface area contributed by atoms with Crippen LogP contribution in [0.4, 0.5) is 11.4 Å². The van der Waals surface area contributed by atoms with Gasteiger partial charge in [0.15, 0.2) is 10.9 Å². The fourth-order valence-electron chi connectivity index (χ4n) is 2.92. The summed E-state index contributed by atoms with van der Waals surface area (Å²) >= 11 is 1.08. The van der Waals surface area contributed by atoms with Crippen molar-refractivity contribution in [1.82, 2.24) is 15.2 Å². The van der Waals surface area contributed by atoms with Crippen molar-refractivity contribution in [2.75, 3.05) is 16.4 Å². The number of thioether (sulfide) groups is 1. The number of aryl methyl sites for hydroxylation is 3. The molecule has 3 rings (SSSR count). The number of rotatable bonds is 6. The summed E-state index contributed by atoms with van der Waals surface area (Å²) in [7, 11) is 0. The molecule has 2 aromatic carbocycles. The van der Waals surface area contributed by atoms with Crippen molar-refractivity contribution < 1.29 is 9.59 Å². The number of aromatic nitrogens is 3. The van der Waals surface area contributed by atoms with Crippen molar-refractivity contribution in [1.29, 1.82) is 0 Å². The number of hydrogen-bond donors (Lipinski definition) is 3. The first kappa shape index (κ1) is 22.2. The van der Waals surface area contributed by atoms with Crippen LogP contribution in [-0.2, 0) is 9.59 Å². The number of nitrogens with zero attached hydrogens (tertiary/aromatic N) is 2. The van der Waals surface area contributed by atoms with E-state index in [2.05, 4.69) is 25.8 Å². The number of hydrogen-bond acceptors (Lipinski definition) is 6. The summed E-state index contributed by atoms with van der Waals surface area (Å²) in [5.74, 6) is -0.396. The lowest BCUT2D eigenvalue weighted by Gasteiger charge is -2.12. The Bertz CT molecular complexity index is 1210. The van der Waals surface area contributed by atoms with Crippen LogP contribution >= 0.6 is 11.8 Å². The van der Waals surface area contributed by atoms with E-state index in [0.717, 1.165) is 28.5 Å². The molecule has 0 saturated carbocycles. The van der Waals surface area contributed by atoms with Gasteiger partial charge in [0.05, 0.1) is 11.4 Å². The molecule has 2 amide bonds. The van der Waals surface area contributed by atoms with Crippen LogP contribution in [0.1, 0.15) is 23.6 Å². The largest absolute Gasteiger partial charge is 0.325 e. The molecule has 0 atom stereocenters. The van der Waals surface area contributed by atoms with E-state index in [-0.39, 0.29) is 28.4 Å². The molecule has 3 N–H and O–H groups in total. The highest BCUT2D eigenvalue weighted by Crippen LogP contribution is 2.27. The van der Waals surface area contributed by atoms with E-state index in [1.54, 1.807) is 12.1 Å². The molecule has 8 nitrogen and oxygen atoms in total. The smallest absolute Gasteiger partial charge is 0.278 e. The van der Waals surface area contributed by atoms with Crippen molar-refractivity contribution in [3.8, 4) is 11.3 Å². The van der Waals surface area contributed by atoms with Crippen molar-refractivity contribution >= 4 is 35.0 Å². The zero-order valence-corrected chi connectivity index (χ0v) is 18.5. The van der Waals surface area contributed by atoms with Crippen LogP contribution in [0.2, 0.25) is 0 Å². The minimum atomic E-state index is -0.454. The van der Waals surface area contributed by atoms with E-state index in [4.69, 9.17) is 0 Å². The highest BCUT2D eigenvalue weighted by atomic mass is 32.2. The molecular formula is C22H23N5O3S. The number of H-pyrrole nitrogens is 1.